The van der Waals surface area contributed by atoms with Gasteiger partial charge in [-0.05, 0) is 36.9 Å². The molecule has 1 fully saturated rings. The monoisotopic (exact) mass is 437 g/mol. The molecule has 0 saturated carbocycles. The summed E-state index contributed by atoms with van der Waals surface area (Å²) >= 11 is 0. The molecule has 1 N–H and O–H groups in total. The number of likely N-dealkylation sites (N-methyl/N-ethyl adjacent to an activating group) is 1. The van der Waals surface area contributed by atoms with Crippen molar-refractivity contribution in [2.75, 3.05) is 33.2 Å². The van der Waals surface area contributed by atoms with Crippen LogP contribution in [0.4, 0.5) is 0 Å². The summed E-state index contributed by atoms with van der Waals surface area (Å²) in [6.07, 6.45) is 11.0. The van der Waals surface area contributed by atoms with Crippen molar-refractivity contribution < 1.29 is 4.79 Å². The van der Waals surface area contributed by atoms with Crippen molar-refractivity contribution in [1.82, 2.24) is 34.4 Å². The van der Waals surface area contributed by atoms with Gasteiger partial charge in [0.1, 0.15) is 5.65 Å². The van der Waals surface area contributed by atoms with Gasteiger partial charge < -0.3 is 14.8 Å². The number of H-pyrrole nitrogens is 1. The largest absolute Gasteiger partial charge is 0.346 e. The van der Waals surface area contributed by atoms with Gasteiger partial charge in [-0.2, -0.15) is 5.10 Å². The lowest BCUT2D eigenvalue weighted by Gasteiger charge is -2.32. The molecule has 164 valence electrons. The molecule has 0 bridgehead atoms. The molecular weight excluding hydrogens is 414 g/mol. The summed E-state index contributed by atoms with van der Waals surface area (Å²) in [6, 6.07) is 10.1. The number of hydrogen-bond acceptors (Lipinski definition) is 5. The third kappa shape index (κ3) is 3.44. The van der Waals surface area contributed by atoms with Gasteiger partial charge in [-0.15, -0.1) is 0 Å². The summed E-state index contributed by atoms with van der Waals surface area (Å²) in [5, 5.41) is 5.42. The fourth-order valence-electron chi connectivity index (χ4n) is 4.44. The van der Waals surface area contributed by atoms with Gasteiger partial charge in [-0.25, -0.2) is 9.50 Å². The molecule has 5 aromatic heterocycles. The highest BCUT2D eigenvalue weighted by Gasteiger charge is 2.21. The first-order valence-electron chi connectivity index (χ1n) is 11.0. The van der Waals surface area contributed by atoms with Crippen molar-refractivity contribution in [2.24, 2.45) is 0 Å². The SMILES string of the molecule is CN1CCN(C(=O)c2cnc3[nH]cc(-c4ccn5ncc(-c6cccnc6)c5c4)c3c2)CC1. The Hall–Kier alpha value is -4.04. The number of carbonyl (C=O) groups is 1. The number of piperazine rings is 1. The number of rotatable bonds is 3. The van der Waals surface area contributed by atoms with Crippen LogP contribution < -0.4 is 0 Å². The summed E-state index contributed by atoms with van der Waals surface area (Å²) in [5.41, 5.74) is 6.46. The van der Waals surface area contributed by atoms with Crippen LogP contribution in [0.25, 0.3) is 38.8 Å². The Balaban J connectivity index is 1.40. The number of amides is 1. The van der Waals surface area contributed by atoms with Crippen LogP contribution in [0.1, 0.15) is 10.4 Å². The van der Waals surface area contributed by atoms with E-state index in [1.807, 2.05) is 58.5 Å². The highest BCUT2D eigenvalue weighted by Crippen LogP contribution is 2.32. The minimum absolute atomic E-state index is 0.0368. The lowest BCUT2D eigenvalue weighted by Crippen LogP contribution is -2.47. The fraction of sp³-hybridized carbons (Fsp3) is 0.200. The number of nitrogens with one attached hydrogen (secondary N) is 1. The molecule has 0 aliphatic carbocycles. The second-order valence-corrected chi connectivity index (χ2v) is 8.46. The minimum atomic E-state index is 0.0368. The van der Waals surface area contributed by atoms with Crippen molar-refractivity contribution in [3.63, 3.8) is 0 Å². The summed E-state index contributed by atoms with van der Waals surface area (Å²) in [5.74, 6) is 0.0368. The van der Waals surface area contributed by atoms with E-state index in [-0.39, 0.29) is 5.91 Å². The van der Waals surface area contributed by atoms with Gasteiger partial charge in [-0.1, -0.05) is 6.07 Å². The molecule has 1 saturated heterocycles. The molecule has 0 radical (unpaired) electrons. The number of hydrogen-bond donors (Lipinski definition) is 1. The van der Waals surface area contributed by atoms with E-state index >= 15 is 0 Å². The van der Waals surface area contributed by atoms with Crippen molar-refractivity contribution in [1.29, 1.82) is 0 Å². The van der Waals surface area contributed by atoms with Crippen LogP contribution in [0.2, 0.25) is 0 Å². The van der Waals surface area contributed by atoms with Crippen LogP contribution in [0.15, 0.2) is 67.5 Å². The van der Waals surface area contributed by atoms with E-state index in [1.54, 1.807) is 12.4 Å². The summed E-state index contributed by atoms with van der Waals surface area (Å²) in [6.45, 7) is 3.26. The highest BCUT2D eigenvalue weighted by atomic mass is 16.2. The predicted molar refractivity (Wildman–Crippen MR) is 127 cm³/mol. The summed E-state index contributed by atoms with van der Waals surface area (Å²) < 4.78 is 1.86. The van der Waals surface area contributed by atoms with Gasteiger partial charge in [0, 0.05) is 79.2 Å². The van der Waals surface area contributed by atoms with Crippen molar-refractivity contribution in [2.45, 2.75) is 0 Å². The highest BCUT2D eigenvalue weighted by molar-refractivity contribution is 6.01. The van der Waals surface area contributed by atoms with Crippen LogP contribution in [-0.2, 0) is 0 Å². The van der Waals surface area contributed by atoms with E-state index in [1.165, 1.54) is 0 Å². The second kappa shape index (κ2) is 7.83. The van der Waals surface area contributed by atoms with Crippen molar-refractivity contribution >= 4 is 22.5 Å². The molecule has 8 nitrogen and oxygen atoms in total. The van der Waals surface area contributed by atoms with Crippen molar-refractivity contribution in [3.8, 4) is 22.3 Å². The van der Waals surface area contributed by atoms with E-state index in [0.29, 0.717) is 5.56 Å². The third-order valence-corrected chi connectivity index (χ3v) is 6.37. The zero-order valence-corrected chi connectivity index (χ0v) is 18.3. The zero-order chi connectivity index (χ0) is 22.4. The number of carbonyl (C=O) groups excluding carboxylic acids is 1. The maximum absolute atomic E-state index is 13.1. The standard InChI is InChI=1S/C25H23N7O/c1-30-7-9-31(10-8-30)25(33)19-11-20-21(15-28-24(20)27-14-19)17-4-6-32-23(12-17)22(16-29-32)18-3-2-5-26-13-18/h2-6,11-16H,7-10H2,1H3,(H,27,28). The Morgan fingerprint density at radius 2 is 1.88 bits per heavy atom. The van der Waals surface area contributed by atoms with Gasteiger partial charge in [0.25, 0.3) is 5.91 Å². The molecule has 0 atom stereocenters. The Morgan fingerprint density at radius 3 is 2.70 bits per heavy atom. The molecule has 0 unspecified atom stereocenters. The number of pyridine rings is 3. The molecule has 33 heavy (non-hydrogen) atoms. The van der Waals surface area contributed by atoms with Gasteiger partial charge in [-0.3, -0.25) is 9.78 Å². The third-order valence-electron chi connectivity index (χ3n) is 6.37. The second-order valence-electron chi connectivity index (χ2n) is 8.46. The molecule has 6 rings (SSSR count). The molecule has 5 aromatic rings. The average molecular weight is 438 g/mol. The first kappa shape index (κ1) is 19.6. The topological polar surface area (TPSA) is 82.4 Å². The van der Waals surface area contributed by atoms with Crippen molar-refractivity contribution in [3.05, 3.63) is 73.1 Å². The molecule has 0 spiro atoms. The smallest absolute Gasteiger partial charge is 0.255 e. The summed E-state index contributed by atoms with van der Waals surface area (Å²) in [4.78, 5) is 29.3. The lowest BCUT2D eigenvalue weighted by molar-refractivity contribution is 0.0664. The predicted octanol–water partition coefficient (Wildman–Crippen LogP) is 3.33. The van der Waals surface area contributed by atoms with E-state index in [0.717, 1.165) is 65.0 Å². The molecule has 1 amide bonds. The summed E-state index contributed by atoms with van der Waals surface area (Å²) in [7, 11) is 2.08. The molecule has 8 heteroatoms. The van der Waals surface area contributed by atoms with E-state index < -0.39 is 0 Å². The van der Waals surface area contributed by atoms with Crippen LogP contribution in [-0.4, -0.2) is 73.5 Å². The van der Waals surface area contributed by atoms with Crippen LogP contribution in [0, 0.1) is 0 Å². The maximum atomic E-state index is 13.1. The maximum Gasteiger partial charge on any atom is 0.255 e. The molecule has 0 aromatic carbocycles. The van der Waals surface area contributed by atoms with Gasteiger partial charge in [0.05, 0.1) is 17.3 Å². The van der Waals surface area contributed by atoms with Gasteiger partial charge >= 0.3 is 0 Å². The fourth-order valence-corrected chi connectivity index (χ4v) is 4.44. The van der Waals surface area contributed by atoms with E-state index in [4.69, 9.17) is 0 Å². The van der Waals surface area contributed by atoms with Crippen LogP contribution in [0.5, 0.6) is 0 Å². The Bertz CT molecular complexity index is 1460. The Labute approximate surface area is 190 Å². The van der Waals surface area contributed by atoms with Crippen LogP contribution in [0.3, 0.4) is 0 Å². The number of fused-ring (bicyclic) bond motifs is 2. The molecule has 6 heterocycles. The molecular formula is C25H23N7O. The van der Waals surface area contributed by atoms with Gasteiger partial charge in [0.2, 0.25) is 0 Å². The molecule has 1 aliphatic heterocycles. The number of nitrogens with zero attached hydrogens (tertiary/aromatic N) is 6. The Kier molecular flexibility index (Phi) is 4.66. The molecule has 1 aliphatic rings. The zero-order valence-electron chi connectivity index (χ0n) is 18.3. The number of aromatic amines is 1. The van der Waals surface area contributed by atoms with E-state index in [9.17, 15) is 4.79 Å². The van der Waals surface area contributed by atoms with Crippen LogP contribution >= 0.6 is 0 Å². The van der Waals surface area contributed by atoms with Gasteiger partial charge in [0.15, 0.2) is 0 Å². The normalized spacial score (nSPS) is 14.9. The van der Waals surface area contributed by atoms with E-state index in [2.05, 4.69) is 38.1 Å². The first-order valence-corrected chi connectivity index (χ1v) is 11.0. The Morgan fingerprint density at radius 1 is 1.00 bits per heavy atom. The minimum Gasteiger partial charge on any atom is -0.346 e. The quantitative estimate of drug-likeness (QED) is 0.468. The first-order chi connectivity index (χ1) is 16.2. The average Bonchev–Trinajstić information content (AvgIpc) is 3.48. The lowest BCUT2D eigenvalue weighted by atomic mass is 10.0. The number of aromatic nitrogens is 5.